The van der Waals surface area contributed by atoms with Crippen LogP contribution in [0.4, 0.5) is 0 Å². The number of halogens is 1. The molecule has 0 amide bonds. The maximum absolute atomic E-state index is 13.6. The van der Waals surface area contributed by atoms with Crippen molar-refractivity contribution >= 4 is 37.9 Å². The van der Waals surface area contributed by atoms with Gasteiger partial charge in [0.05, 0.1) is 17.3 Å². The number of benzene rings is 1. The standard InChI is InChI=1S/C26H27BrN2O3.C2H6/c1-18(32-3)19-12-10-11-13-20(19)25(30)22(15-7-5-9-17-24(27)28)26(31)21-14-6-4-8-16-23(21)29-2;1-2/h4-7,9-15,17,23,28-29H,1,8,16H2,2-3H3;1-2H3/b7-5+,17-9-,22-15-,28-24?;. The zero-order chi connectivity index (χ0) is 25.5. The third-order valence-corrected chi connectivity index (χ3v) is 5.22. The van der Waals surface area contributed by atoms with Crippen molar-refractivity contribution < 1.29 is 14.3 Å². The number of hydrogen-bond acceptors (Lipinski definition) is 5. The highest BCUT2D eigenvalue weighted by Gasteiger charge is 2.28. The number of rotatable bonds is 10. The van der Waals surface area contributed by atoms with Crippen molar-refractivity contribution in [3.63, 3.8) is 0 Å². The molecule has 0 aromatic heterocycles. The van der Waals surface area contributed by atoms with Gasteiger partial charge in [-0.2, -0.15) is 0 Å². The second kappa shape index (κ2) is 15.7. The Bertz CT molecular complexity index is 1050. The normalized spacial score (nSPS) is 15.9. The summed E-state index contributed by atoms with van der Waals surface area (Å²) >= 11 is 3.03. The van der Waals surface area contributed by atoms with Gasteiger partial charge in [0.2, 0.25) is 0 Å². The number of carbonyl (C=O) groups is 2. The number of ether oxygens (including phenoxy) is 1. The predicted molar refractivity (Wildman–Crippen MR) is 145 cm³/mol. The summed E-state index contributed by atoms with van der Waals surface area (Å²) in [6, 6.07) is 6.78. The molecule has 0 saturated carbocycles. The molecule has 1 atom stereocenters. The van der Waals surface area contributed by atoms with Crippen molar-refractivity contribution in [3.05, 3.63) is 102 Å². The fraction of sp³-hybridized carbons (Fsp3) is 0.250. The molecule has 1 aromatic carbocycles. The molecule has 6 heteroatoms. The largest absolute Gasteiger partial charge is 0.497 e. The number of nitrogens with one attached hydrogen (secondary N) is 2. The summed E-state index contributed by atoms with van der Waals surface area (Å²) in [5, 5.41) is 10.6. The second-order valence-corrected chi connectivity index (χ2v) is 7.83. The van der Waals surface area contributed by atoms with Gasteiger partial charge in [0.25, 0.3) is 0 Å². The van der Waals surface area contributed by atoms with Crippen molar-refractivity contribution in [2.75, 3.05) is 14.2 Å². The van der Waals surface area contributed by atoms with Crippen LogP contribution < -0.4 is 5.32 Å². The molecule has 1 unspecified atom stereocenters. The van der Waals surface area contributed by atoms with Gasteiger partial charge in [-0.25, -0.2) is 0 Å². The van der Waals surface area contributed by atoms with Crippen molar-refractivity contribution in [2.45, 2.75) is 32.7 Å². The molecule has 0 saturated heterocycles. The molecule has 1 aliphatic rings. The van der Waals surface area contributed by atoms with E-state index in [1.54, 1.807) is 61.7 Å². The summed E-state index contributed by atoms with van der Waals surface area (Å²) in [6.45, 7) is 7.86. The smallest absolute Gasteiger partial charge is 0.197 e. The van der Waals surface area contributed by atoms with Crippen molar-refractivity contribution in [1.82, 2.24) is 5.32 Å². The molecule has 0 aliphatic heterocycles. The molecule has 34 heavy (non-hydrogen) atoms. The number of ketones is 2. The monoisotopic (exact) mass is 524 g/mol. The Morgan fingerprint density at radius 1 is 1.15 bits per heavy atom. The highest BCUT2D eigenvalue weighted by molar-refractivity contribution is 9.18. The lowest BCUT2D eigenvalue weighted by Crippen LogP contribution is -2.32. The van der Waals surface area contributed by atoms with E-state index in [2.05, 4.69) is 27.8 Å². The SMILES string of the molecule is C=C(OC)c1ccccc1C(=O)/C(=C/C=C/C=C\C(=N)Br)C(=O)C1=CC=CCCC1NC.CC. The summed E-state index contributed by atoms with van der Waals surface area (Å²) < 4.78 is 5.46. The van der Waals surface area contributed by atoms with E-state index >= 15 is 0 Å². The first-order valence-electron chi connectivity index (χ1n) is 11.2. The fourth-order valence-electron chi connectivity index (χ4n) is 3.28. The molecule has 0 radical (unpaired) electrons. The Morgan fingerprint density at radius 2 is 1.82 bits per heavy atom. The molecule has 5 nitrogen and oxygen atoms in total. The number of carbonyl (C=O) groups excluding carboxylic acids is 2. The van der Waals surface area contributed by atoms with Crippen LogP contribution in [0, 0.1) is 5.41 Å². The van der Waals surface area contributed by atoms with Gasteiger partial charge in [-0.15, -0.1) is 0 Å². The Hall–Kier alpha value is -3.09. The minimum Gasteiger partial charge on any atom is -0.497 e. The molecular formula is C28H33BrN2O3. The van der Waals surface area contributed by atoms with Crippen molar-refractivity contribution in [1.29, 1.82) is 5.41 Å². The maximum Gasteiger partial charge on any atom is 0.197 e. The number of hydrogen-bond donors (Lipinski definition) is 2. The molecule has 0 heterocycles. The Balaban J connectivity index is 0.00000281. The lowest BCUT2D eigenvalue weighted by atomic mass is 9.89. The van der Waals surface area contributed by atoms with Crippen LogP contribution in [0.3, 0.4) is 0 Å². The fourth-order valence-corrected chi connectivity index (χ4v) is 3.43. The first-order chi connectivity index (χ1) is 16.4. The minimum atomic E-state index is -0.408. The molecular weight excluding hydrogens is 492 g/mol. The number of likely N-dealkylation sites (N-methyl/N-ethyl adjacent to an activating group) is 1. The van der Waals surface area contributed by atoms with E-state index in [-0.39, 0.29) is 22.0 Å². The average Bonchev–Trinajstić information content (AvgIpc) is 3.11. The summed E-state index contributed by atoms with van der Waals surface area (Å²) in [5.41, 5.74) is 1.46. The van der Waals surface area contributed by atoms with Crippen LogP contribution >= 0.6 is 15.9 Å². The maximum atomic E-state index is 13.6. The first kappa shape index (κ1) is 28.9. The number of allylic oxidation sites excluding steroid dienone is 9. The van der Waals surface area contributed by atoms with Crippen LogP contribution in [-0.2, 0) is 9.53 Å². The zero-order valence-electron chi connectivity index (χ0n) is 20.2. The van der Waals surface area contributed by atoms with Crippen LogP contribution in [0.15, 0.2) is 90.6 Å². The van der Waals surface area contributed by atoms with Gasteiger partial charge < -0.3 is 10.1 Å². The third-order valence-electron chi connectivity index (χ3n) is 4.96. The quantitative estimate of drug-likeness (QED) is 0.0709. The summed E-state index contributed by atoms with van der Waals surface area (Å²) in [7, 11) is 3.29. The van der Waals surface area contributed by atoms with Gasteiger partial charge in [0, 0.05) is 22.7 Å². The summed E-state index contributed by atoms with van der Waals surface area (Å²) in [4.78, 5) is 27.2. The van der Waals surface area contributed by atoms with Gasteiger partial charge in [-0.1, -0.05) is 81.1 Å². The topological polar surface area (TPSA) is 79.2 Å². The van der Waals surface area contributed by atoms with E-state index in [9.17, 15) is 9.59 Å². The Kier molecular flexibility index (Phi) is 13.4. The lowest BCUT2D eigenvalue weighted by Gasteiger charge is -2.19. The second-order valence-electron chi connectivity index (χ2n) is 6.97. The molecule has 2 N–H and O–H groups in total. The molecule has 0 spiro atoms. The molecule has 0 bridgehead atoms. The van der Waals surface area contributed by atoms with Crippen LogP contribution in [0.1, 0.15) is 42.6 Å². The molecule has 1 aliphatic carbocycles. The van der Waals surface area contributed by atoms with E-state index < -0.39 is 5.78 Å². The van der Waals surface area contributed by atoms with Crippen molar-refractivity contribution in [2.24, 2.45) is 0 Å². The molecule has 0 fully saturated rings. The highest BCUT2D eigenvalue weighted by atomic mass is 79.9. The van der Waals surface area contributed by atoms with Crippen LogP contribution in [0.2, 0.25) is 0 Å². The molecule has 2 rings (SSSR count). The Morgan fingerprint density at radius 3 is 2.44 bits per heavy atom. The van der Waals surface area contributed by atoms with E-state index in [1.807, 2.05) is 26.0 Å². The predicted octanol–water partition coefficient (Wildman–Crippen LogP) is 6.36. The van der Waals surface area contributed by atoms with Gasteiger partial charge in [0.15, 0.2) is 11.6 Å². The molecule has 180 valence electrons. The van der Waals surface area contributed by atoms with Crippen molar-refractivity contribution in [3.8, 4) is 0 Å². The van der Waals surface area contributed by atoms with E-state index in [0.717, 1.165) is 12.8 Å². The summed E-state index contributed by atoms with van der Waals surface area (Å²) in [6.07, 6.45) is 15.2. The molecule has 1 aromatic rings. The zero-order valence-corrected chi connectivity index (χ0v) is 21.8. The lowest BCUT2D eigenvalue weighted by molar-refractivity contribution is -0.112. The van der Waals surface area contributed by atoms with Crippen LogP contribution in [-0.4, -0.2) is 36.4 Å². The average molecular weight is 525 g/mol. The Labute approximate surface area is 211 Å². The van der Waals surface area contributed by atoms with Gasteiger partial charge in [-0.05, 0) is 48.0 Å². The van der Waals surface area contributed by atoms with Crippen LogP contribution in [0.5, 0.6) is 0 Å². The van der Waals surface area contributed by atoms with E-state index in [1.165, 1.54) is 13.2 Å². The van der Waals surface area contributed by atoms with Gasteiger partial charge in [0.1, 0.15) is 5.76 Å². The summed E-state index contributed by atoms with van der Waals surface area (Å²) in [5.74, 6) is -0.394. The minimum absolute atomic E-state index is 0.0433. The van der Waals surface area contributed by atoms with E-state index in [4.69, 9.17) is 10.1 Å². The number of methoxy groups -OCH3 is 1. The van der Waals surface area contributed by atoms with E-state index in [0.29, 0.717) is 22.5 Å². The first-order valence-corrected chi connectivity index (χ1v) is 11.9. The third kappa shape index (κ3) is 8.36. The number of Topliss-reactive ketones (excluding diaryl/α,β-unsaturated/α-hetero) is 2. The van der Waals surface area contributed by atoms with Crippen LogP contribution in [0.25, 0.3) is 5.76 Å². The van der Waals surface area contributed by atoms with Gasteiger partial charge in [-0.3, -0.25) is 15.0 Å². The van der Waals surface area contributed by atoms with Gasteiger partial charge >= 0.3 is 0 Å². The highest BCUT2D eigenvalue weighted by Crippen LogP contribution is 2.25.